The molecule has 4 heteroatoms. The van der Waals surface area contributed by atoms with Crippen molar-refractivity contribution in [3.8, 4) is 0 Å². The van der Waals surface area contributed by atoms with Crippen LogP contribution >= 0.6 is 0 Å². The van der Waals surface area contributed by atoms with E-state index in [4.69, 9.17) is 5.73 Å². The van der Waals surface area contributed by atoms with Crippen molar-refractivity contribution in [2.75, 3.05) is 13.1 Å². The molecule has 0 saturated heterocycles. The van der Waals surface area contributed by atoms with E-state index in [9.17, 15) is 0 Å². The van der Waals surface area contributed by atoms with Gasteiger partial charge in [-0.1, -0.05) is 6.07 Å². The number of hydrogen-bond acceptors (Lipinski definition) is 2. The Morgan fingerprint density at radius 1 is 1.64 bits per heavy atom. The molecule has 0 bridgehead atoms. The molecule has 14 heavy (non-hydrogen) atoms. The van der Waals surface area contributed by atoms with Gasteiger partial charge in [0.2, 0.25) is 0 Å². The zero-order valence-electron chi connectivity index (χ0n) is 8.40. The molecular weight excluding hydrogens is 176 g/mol. The Morgan fingerprint density at radius 2 is 2.50 bits per heavy atom. The Balaban J connectivity index is 2.31. The number of nitrogens with zero attached hydrogens (tertiary/aromatic N) is 2. The summed E-state index contributed by atoms with van der Waals surface area (Å²) < 4.78 is 0. The molecular formula is C10H16N4. The number of guanidine groups is 1. The lowest BCUT2D eigenvalue weighted by molar-refractivity contribution is 0.902. The molecule has 0 fully saturated rings. The molecule has 76 valence electrons. The minimum absolute atomic E-state index is 0.511. The van der Waals surface area contributed by atoms with E-state index in [0.29, 0.717) is 12.5 Å². The molecule has 4 nitrogen and oxygen atoms in total. The van der Waals surface area contributed by atoms with E-state index in [0.717, 1.165) is 13.0 Å². The van der Waals surface area contributed by atoms with Crippen LogP contribution in [0.4, 0.5) is 0 Å². The van der Waals surface area contributed by atoms with Crippen LogP contribution in [0, 0.1) is 0 Å². The van der Waals surface area contributed by atoms with Crippen LogP contribution in [0.3, 0.4) is 0 Å². The first-order valence-corrected chi connectivity index (χ1v) is 4.75. The topological polar surface area (TPSA) is 63.3 Å². The molecule has 0 aliphatic carbocycles. The van der Waals surface area contributed by atoms with Gasteiger partial charge in [-0.25, -0.2) is 0 Å². The third-order valence-corrected chi connectivity index (χ3v) is 1.76. The summed E-state index contributed by atoms with van der Waals surface area (Å²) in [5.74, 6) is 0.511. The SMILES string of the molecule is CCNC(N)=NCCc1cccnc1. The summed E-state index contributed by atoms with van der Waals surface area (Å²) in [6.07, 6.45) is 4.48. The lowest BCUT2D eigenvalue weighted by Gasteiger charge is -2.01. The quantitative estimate of drug-likeness (QED) is 0.541. The third kappa shape index (κ3) is 3.89. The van der Waals surface area contributed by atoms with Gasteiger partial charge >= 0.3 is 0 Å². The van der Waals surface area contributed by atoms with Gasteiger partial charge in [0.25, 0.3) is 0 Å². The van der Waals surface area contributed by atoms with Gasteiger partial charge in [-0.2, -0.15) is 0 Å². The number of nitrogens with two attached hydrogens (primary N) is 1. The van der Waals surface area contributed by atoms with Gasteiger partial charge in [0.1, 0.15) is 0 Å². The highest BCUT2D eigenvalue weighted by molar-refractivity contribution is 5.77. The Bertz CT molecular complexity index is 281. The zero-order valence-corrected chi connectivity index (χ0v) is 8.40. The maximum Gasteiger partial charge on any atom is 0.188 e. The van der Waals surface area contributed by atoms with Crippen LogP contribution in [0.1, 0.15) is 12.5 Å². The fraction of sp³-hybridized carbons (Fsp3) is 0.400. The summed E-state index contributed by atoms with van der Waals surface area (Å²) in [4.78, 5) is 8.19. The second kappa shape index (κ2) is 5.96. The second-order valence-corrected chi connectivity index (χ2v) is 2.91. The number of pyridine rings is 1. The lowest BCUT2D eigenvalue weighted by atomic mass is 10.2. The Kier molecular flexibility index (Phi) is 4.47. The molecule has 1 heterocycles. The molecule has 0 aliphatic heterocycles. The van der Waals surface area contributed by atoms with Crippen molar-refractivity contribution in [3.63, 3.8) is 0 Å². The van der Waals surface area contributed by atoms with Crippen molar-refractivity contribution in [2.45, 2.75) is 13.3 Å². The monoisotopic (exact) mass is 192 g/mol. The molecule has 0 aliphatic rings. The van der Waals surface area contributed by atoms with Gasteiger partial charge in [0.15, 0.2) is 5.96 Å². The minimum Gasteiger partial charge on any atom is -0.370 e. The minimum atomic E-state index is 0.511. The van der Waals surface area contributed by atoms with E-state index in [1.807, 2.05) is 25.3 Å². The highest BCUT2D eigenvalue weighted by Gasteiger charge is 1.91. The molecule has 0 aromatic carbocycles. The lowest BCUT2D eigenvalue weighted by Crippen LogP contribution is -2.31. The van der Waals surface area contributed by atoms with Crippen LogP contribution in [0.25, 0.3) is 0 Å². The number of aromatic nitrogens is 1. The largest absolute Gasteiger partial charge is 0.370 e. The maximum atomic E-state index is 5.57. The number of rotatable bonds is 4. The van der Waals surface area contributed by atoms with Crippen LogP contribution in [-0.4, -0.2) is 24.0 Å². The van der Waals surface area contributed by atoms with Gasteiger partial charge in [-0.05, 0) is 25.0 Å². The molecule has 0 spiro atoms. The van der Waals surface area contributed by atoms with Gasteiger partial charge in [0.05, 0.1) is 0 Å². The molecule has 0 unspecified atom stereocenters. The fourth-order valence-corrected chi connectivity index (χ4v) is 1.09. The van der Waals surface area contributed by atoms with E-state index in [1.54, 1.807) is 6.20 Å². The predicted molar refractivity (Wildman–Crippen MR) is 58.1 cm³/mol. The first-order chi connectivity index (χ1) is 6.83. The molecule has 1 aromatic heterocycles. The summed E-state index contributed by atoms with van der Waals surface area (Å²) in [5.41, 5.74) is 6.75. The van der Waals surface area contributed by atoms with Crippen molar-refractivity contribution in [1.29, 1.82) is 0 Å². The highest BCUT2D eigenvalue weighted by Crippen LogP contribution is 1.96. The molecule has 0 radical (unpaired) electrons. The zero-order chi connectivity index (χ0) is 10.2. The van der Waals surface area contributed by atoms with Gasteiger partial charge < -0.3 is 11.1 Å². The molecule has 3 N–H and O–H groups in total. The number of aliphatic imine (C=N–C) groups is 1. The Morgan fingerprint density at radius 3 is 3.14 bits per heavy atom. The van der Waals surface area contributed by atoms with Crippen LogP contribution in [-0.2, 0) is 6.42 Å². The number of hydrogen-bond donors (Lipinski definition) is 2. The molecule has 1 rings (SSSR count). The van der Waals surface area contributed by atoms with Crippen LogP contribution in [0.2, 0.25) is 0 Å². The van der Waals surface area contributed by atoms with Crippen LogP contribution in [0.15, 0.2) is 29.5 Å². The standard InChI is InChI=1S/C10H16N4/c1-2-13-10(11)14-7-5-9-4-3-6-12-8-9/h3-4,6,8H,2,5,7H2,1H3,(H3,11,13,14). The smallest absolute Gasteiger partial charge is 0.188 e. The van der Waals surface area contributed by atoms with E-state index in [2.05, 4.69) is 15.3 Å². The van der Waals surface area contributed by atoms with E-state index in [1.165, 1.54) is 5.56 Å². The van der Waals surface area contributed by atoms with Crippen LogP contribution < -0.4 is 11.1 Å². The van der Waals surface area contributed by atoms with Crippen molar-refractivity contribution < 1.29 is 0 Å². The Hall–Kier alpha value is -1.58. The summed E-state index contributed by atoms with van der Waals surface area (Å²) >= 11 is 0. The normalized spacial score (nSPS) is 11.4. The molecule has 0 saturated carbocycles. The third-order valence-electron chi connectivity index (χ3n) is 1.76. The predicted octanol–water partition coefficient (Wildman–Crippen LogP) is 0.548. The second-order valence-electron chi connectivity index (χ2n) is 2.91. The summed E-state index contributed by atoms with van der Waals surface area (Å²) in [6.45, 7) is 3.50. The maximum absolute atomic E-state index is 5.57. The van der Waals surface area contributed by atoms with Crippen molar-refractivity contribution in [3.05, 3.63) is 30.1 Å². The van der Waals surface area contributed by atoms with Crippen LogP contribution in [0.5, 0.6) is 0 Å². The highest BCUT2D eigenvalue weighted by atomic mass is 15.1. The Labute approximate surface area is 84.3 Å². The first kappa shape index (κ1) is 10.5. The first-order valence-electron chi connectivity index (χ1n) is 4.75. The molecule has 1 aromatic rings. The van der Waals surface area contributed by atoms with Crippen molar-refractivity contribution in [2.24, 2.45) is 10.7 Å². The molecule has 0 atom stereocenters. The van der Waals surface area contributed by atoms with E-state index in [-0.39, 0.29) is 0 Å². The fourth-order valence-electron chi connectivity index (χ4n) is 1.09. The average molecular weight is 192 g/mol. The average Bonchev–Trinajstić information content (AvgIpc) is 2.20. The van der Waals surface area contributed by atoms with E-state index < -0.39 is 0 Å². The summed E-state index contributed by atoms with van der Waals surface area (Å²) in [5, 5.41) is 2.94. The van der Waals surface area contributed by atoms with E-state index >= 15 is 0 Å². The van der Waals surface area contributed by atoms with Gasteiger partial charge in [0, 0.05) is 25.5 Å². The molecule has 0 amide bonds. The van der Waals surface area contributed by atoms with Crippen molar-refractivity contribution >= 4 is 5.96 Å². The number of nitrogens with one attached hydrogen (secondary N) is 1. The summed E-state index contributed by atoms with van der Waals surface area (Å²) in [6, 6.07) is 3.96. The van der Waals surface area contributed by atoms with Gasteiger partial charge in [-0.3, -0.25) is 9.98 Å². The summed E-state index contributed by atoms with van der Waals surface area (Å²) in [7, 11) is 0. The van der Waals surface area contributed by atoms with Crippen molar-refractivity contribution in [1.82, 2.24) is 10.3 Å². The van der Waals surface area contributed by atoms with Gasteiger partial charge in [-0.15, -0.1) is 0 Å².